The van der Waals surface area contributed by atoms with Crippen molar-refractivity contribution in [3.05, 3.63) is 24.3 Å². The molecule has 4 N–H and O–H groups in total. The van der Waals surface area contributed by atoms with Gasteiger partial charge < -0.3 is 11.1 Å². The highest BCUT2D eigenvalue weighted by atomic mass is 32.2. The van der Waals surface area contributed by atoms with Gasteiger partial charge in [0.25, 0.3) is 0 Å². The Morgan fingerprint density at radius 2 is 2.00 bits per heavy atom. The molecule has 0 fully saturated rings. The normalized spacial score (nSPS) is 13.0. The van der Waals surface area contributed by atoms with E-state index >= 15 is 0 Å². The van der Waals surface area contributed by atoms with Crippen LogP contribution < -0.4 is 15.8 Å². The summed E-state index contributed by atoms with van der Waals surface area (Å²) < 4.78 is 25.8. The molecule has 0 saturated carbocycles. The molecule has 7 heteroatoms. The summed E-state index contributed by atoms with van der Waals surface area (Å²) >= 11 is 0. The molecule has 19 heavy (non-hydrogen) atoms. The van der Waals surface area contributed by atoms with Crippen molar-refractivity contribution >= 4 is 21.6 Å². The van der Waals surface area contributed by atoms with Crippen LogP contribution in [0.5, 0.6) is 0 Å². The second kappa shape index (κ2) is 6.65. The third kappa shape index (κ3) is 4.02. The molecule has 106 valence electrons. The van der Waals surface area contributed by atoms with E-state index in [0.29, 0.717) is 6.42 Å². The molecule has 1 amide bonds. The van der Waals surface area contributed by atoms with Gasteiger partial charge in [0.05, 0.1) is 11.7 Å². The number of anilines is 1. The Labute approximate surface area is 113 Å². The molecule has 0 unspecified atom stereocenters. The first kappa shape index (κ1) is 15.6. The van der Waals surface area contributed by atoms with Crippen molar-refractivity contribution in [1.82, 2.24) is 4.72 Å². The second-order valence-corrected chi connectivity index (χ2v) is 5.94. The molecule has 0 saturated heterocycles. The average molecular weight is 285 g/mol. The van der Waals surface area contributed by atoms with Crippen molar-refractivity contribution in [2.24, 2.45) is 5.73 Å². The van der Waals surface area contributed by atoms with Crippen LogP contribution in [0.1, 0.15) is 19.8 Å². The molecule has 0 aliphatic rings. The zero-order valence-electron chi connectivity index (χ0n) is 11.0. The lowest BCUT2D eigenvalue weighted by molar-refractivity contribution is -0.117. The van der Waals surface area contributed by atoms with Crippen molar-refractivity contribution < 1.29 is 13.2 Å². The number of rotatable bonds is 6. The maximum absolute atomic E-state index is 11.8. The molecule has 0 aromatic heterocycles. The van der Waals surface area contributed by atoms with Gasteiger partial charge >= 0.3 is 0 Å². The number of benzene rings is 1. The van der Waals surface area contributed by atoms with Gasteiger partial charge in [-0.1, -0.05) is 25.5 Å². The lowest BCUT2D eigenvalue weighted by Gasteiger charge is -2.14. The fourth-order valence-corrected chi connectivity index (χ4v) is 2.47. The van der Waals surface area contributed by atoms with Gasteiger partial charge in [-0.2, -0.15) is 0 Å². The third-order valence-corrected chi connectivity index (χ3v) is 4.11. The van der Waals surface area contributed by atoms with Crippen LogP contribution in [0.15, 0.2) is 29.2 Å². The van der Waals surface area contributed by atoms with Crippen molar-refractivity contribution in [3.8, 4) is 0 Å². The summed E-state index contributed by atoms with van der Waals surface area (Å²) in [6.45, 7) is 1.92. The lowest BCUT2D eigenvalue weighted by atomic mass is 10.1. The number of para-hydroxylation sites is 1. The third-order valence-electron chi connectivity index (χ3n) is 2.64. The minimum atomic E-state index is -3.62. The van der Waals surface area contributed by atoms with E-state index in [4.69, 9.17) is 5.73 Å². The topological polar surface area (TPSA) is 101 Å². The Kier molecular flexibility index (Phi) is 5.46. The van der Waals surface area contributed by atoms with Gasteiger partial charge in [0, 0.05) is 0 Å². The number of carbonyl (C=O) groups is 1. The van der Waals surface area contributed by atoms with Gasteiger partial charge in [-0.3, -0.25) is 4.79 Å². The van der Waals surface area contributed by atoms with E-state index in [-0.39, 0.29) is 16.5 Å². The minimum absolute atomic E-state index is 0.0227. The fourth-order valence-electron chi connectivity index (χ4n) is 1.58. The Balaban J connectivity index is 3.00. The van der Waals surface area contributed by atoms with Crippen LogP contribution in [0.2, 0.25) is 0 Å². The fraction of sp³-hybridized carbons (Fsp3) is 0.417. The van der Waals surface area contributed by atoms with Crippen LogP contribution in [0.25, 0.3) is 0 Å². The van der Waals surface area contributed by atoms with Gasteiger partial charge in [-0.05, 0) is 25.6 Å². The smallest absolute Gasteiger partial charge is 0.242 e. The number of hydrogen-bond donors (Lipinski definition) is 3. The average Bonchev–Trinajstić information content (AvgIpc) is 2.39. The summed E-state index contributed by atoms with van der Waals surface area (Å²) in [5.41, 5.74) is 5.92. The Morgan fingerprint density at radius 1 is 1.37 bits per heavy atom. The van der Waals surface area contributed by atoms with E-state index in [9.17, 15) is 13.2 Å². The summed E-state index contributed by atoms with van der Waals surface area (Å²) in [6.07, 6.45) is 1.33. The quantitative estimate of drug-likeness (QED) is 0.714. The number of amides is 1. The highest BCUT2D eigenvalue weighted by Gasteiger charge is 2.19. The van der Waals surface area contributed by atoms with Crippen molar-refractivity contribution in [3.63, 3.8) is 0 Å². The summed E-state index contributed by atoms with van der Waals surface area (Å²) in [5.74, 6) is -0.388. The monoisotopic (exact) mass is 285 g/mol. The first-order valence-electron chi connectivity index (χ1n) is 6.01. The van der Waals surface area contributed by atoms with E-state index in [1.807, 2.05) is 6.92 Å². The first-order valence-corrected chi connectivity index (χ1v) is 7.49. The summed E-state index contributed by atoms with van der Waals surface area (Å²) in [4.78, 5) is 11.8. The van der Waals surface area contributed by atoms with Crippen LogP contribution >= 0.6 is 0 Å². The van der Waals surface area contributed by atoms with E-state index in [0.717, 1.165) is 6.42 Å². The molecule has 0 spiro atoms. The summed E-state index contributed by atoms with van der Waals surface area (Å²) in [5, 5.41) is 2.55. The Morgan fingerprint density at radius 3 is 2.58 bits per heavy atom. The first-order chi connectivity index (χ1) is 8.92. The Bertz CT molecular complexity index is 543. The molecule has 0 heterocycles. The predicted molar refractivity (Wildman–Crippen MR) is 74.2 cm³/mol. The number of hydrogen-bond acceptors (Lipinski definition) is 4. The van der Waals surface area contributed by atoms with Crippen molar-refractivity contribution in [2.75, 3.05) is 12.4 Å². The standard InChI is InChI=1S/C12H19N3O3S/c1-3-6-9(13)12(16)15-10-7-4-5-8-11(10)19(17,18)14-2/h4-5,7-9,14H,3,6,13H2,1-2H3,(H,15,16)/t9-/m0/s1. The number of carbonyl (C=O) groups excluding carboxylic acids is 1. The number of sulfonamides is 1. The molecule has 1 rings (SSSR count). The zero-order valence-corrected chi connectivity index (χ0v) is 11.8. The zero-order chi connectivity index (χ0) is 14.5. The maximum atomic E-state index is 11.8. The molecule has 0 aliphatic heterocycles. The molecular weight excluding hydrogens is 266 g/mol. The number of nitrogens with one attached hydrogen (secondary N) is 2. The van der Waals surface area contributed by atoms with Gasteiger partial charge in [-0.25, -0.2) is 13.1 Å². The number of nitrogens with two attached hydrogens (primary N) is 1. The van der Waals surface area contributed by atoms with Crippen LogP contribution in [0.4, 0.5) is 5.69 Å². The maximum Gasteiger partial charge on any atom is 0.242 e. The SMILES string of the molecule is CCC[C@H](N)C(=O)Nc1ccccc1S(=O)(=O)NC. The molecule has 1 atom stereocenters. The van der Waals surface area contributed by atoms with Crippen LogP contribution in [-0.2, 0) is 14.8 Å². The predicted octanol–water partition coefficient (Wildman–Crippen LogP) is 0.661. The molecule has 6 nitrogen and oxygen atoms in total. The van der Waals surface area contributed by atoms with Crippen LogP contribution in [0, 0.1) is 0 Å². The molecule has 1 aromatic rings. The molecule has 0 radical (unpaired) electrons. The molecular formula is C12H19N3O3S. The molecule has 0 aliphatic carbocycles. The minimum Gasteiger partial charge on any atom is -0.324 e. The van der Waals surface area contributed by atoms with Crippen LogP contribution in [-0.4, -0.2) is 27.4 Å². The highest BCUT2D eigenvalue weighted by Crippen LogP contribution is 2.20. The van der Waals surface area contributed by atoms with Gasteiger partial charge in [0.15, 0.2) is 0 Å². The van der Waals surface area contributed by atoms with Crippen molar-refractivity contribution in [1.29, 1.82) is 0 Å². The largest absolute Gasteiger partial charge is 0.324 e. The molecule has 0 bridgehead atoms. The van der Waals surface area contributed by atoms with E-state index in [1.165, 1.54) is 19.2 Å². The lowest BCUT2D eigenvalue weighted by Crippen LogP contribution is -2.36. The second-order valence-electron chi connectivity index (χ2n) is 4.09. The highest BCUT2D eigenvalue weighted by molar-refractivity contribution is 7.89. The summed E-state index contributed by atoms with van der Waals surface area (Å²) in [7, 11) is -2.30. The molecule has 1 aromatic carbocycles. The van der Waals surface area contributed by atoms with E-state index in [2.05, 4.69) is 10.0 Å². The van der Waals surface area contributed by atoms with Gasteiger partial charge in [0.2, 0.25) is 15.9 Å². The summed E-state index contributed by atoms with van der Waals surface area (Å²) in [6, 6.07) is 5.55. The van der Waals surface area contributed by atoms with Crippen LogP contribution in [0.3, 0.4) is 0 Å². The Hall–Kier alpha value is -1.44. The van der Waals surface area contributed by atoms with Gasteiger partial charge in [0.1, 0.15) is 4.90 Å². The van der Waals surface area contributed by atoms with E-state index < -0.39 is 16.1 Å². The van der Waals surface area contributed by atoms with E-state index in [1.54, 1.807) is 12.1 Å². The van der Waals surface area contributed by atoms with Gasteiger partial charge in [-0.15, -0.1) is 0 Å². The van der Waals surface area contributed by atoms with Crippen molar-refractivity contribution in [2.45, 2.75) is 30.7 Å².